The minimum absolute atomic E-state index is 0.396. The average Bonchev–Trinajstić information content (AvgIpc) is 2.65. The zero-order valence-corrected chi connectivity index (χ0v) is 11.1. The van der Waals surface area contributed by atoms with Gasteiger partial charge in [-0.25, -0.2) is 4.98 Å². The molecule has 16 heavy (non-hydrogen) atoms. The van der Waals surface area contributed by atoms with Gasteiger partial charge >= 0.3 is 0 Å². The summed E-state index contributed by atoms with van der Waals surface area (Å²) in [6, 6.07) is 0. The van der Waals surface area contributed by atoms with Gasteiger partial charge in [0.05, 0.1) is 17.5 Å². The zero-order chi connectivity index (χ0) is 11.9. The van der Waals surface area contributed by atoms with E-state index in [0.29, 0.717) is 0 Å². The molecular weight excluding hydrogens is 220 g/mol. The standard InChI is InChI=1S/C12H18N2OS/c1-5-6-10(15)11-7(2)13-12-14(11)8(3)9(4)16-12/h10,15H,5-6H2,1-4H3. The first-order valence-corrected chi connectivity index (χ1v) is 6.51. The van der Waals surface area contributed by atoms with Crippen LogP contribution in [0.3, 0.4) is 0 Å². The Morgan fingerprint density at radius 2 is 2.06 bits per heavy atom. The molecule has 1 unspecified atom stereocenters. The highest BCUT2D eigenvalue weighted by molar-refractivity contribution is 7.17. The van der Waals surface area contributed by atoms with Crippen LogP contribution in [0.1, 0.15) is 47.8 Å². The van der Waals surface area contributed by atoms with Crippen molar-refractivity contribution < 1.29 is 5.11 Å². The van der Waals surface area contributed by atoms with Gasteiger partial charge in [0.15, 0.2) is 4.96 Å². The van der Waals surface area contributed by atoms with Crippen molar-refractivity contribution in [2.75, 3.05) is 0 Å². The van der Waals surface area contributed by atoms with E-state index in [0.717, 1.165) is 29.2 Å². The van der Waals surface area contributed by atoms with Crippen LogP contribution in [-0.4, -0.2) is 14.5 Å². The first kappa shape index (κ1) is 11.6. The number of aliphatic hydroxyl groups excluding tert-OH is 1. The first-order valence-electron chi connectivity index (χ1n) is 5.69. The third-order valence-electron chi connectivity index (χ3n) is 3.03. The van der Waals surface area contributed by atoms with Crippen molar-refractivity contribution in [1.82, 2.24) is 9.38 Å². The summed E-state index contributed by atoms with van der Waals surface area (Å²) in [7, 11) is 0. The Bertz CT molecular complexity index is 513. The lowest BCUT2D eigenvalue weighted by molar-refractivity contribution is 0.160. The molecule has 0 saturated heterocycles. The lowest BCUT2D eigenvalue weighted by Crippen LogP contribution is -2.04. The molecule has 2 aromatic rings. The maximum atomic E-state index is 10.2. The minimum atomic E-state index is -0.396. The van der Waals surface area contributed by atoms with E-state index in [9.17, 15) is 5.11 Å². The molecule has 2 rings (SSSR count). The molecule has 0 aliphatic rings. The Morgan fingerprint density at radius 3 is 2.69 bits per heavy atom. The van der Waals surface area contributed by atoms with E-state index >= 15 is 0 Å². The van der Waals surface area contributed by atoms with Gasteiger partial charge in [-0.3, -0.25) is 4.40 Å². The first-order chi connectivity index (χ1) is 7.56. The van der Waals surface area contributed by atoms with E-state index in [1.165, 1.54) is 10.6 Å². The number of hydrogen-bond acceptors (Lipinski definition) is 3. The van der Waals surface area contributed by atoms with E-state index in [2.05, 4.69) is 30.2 Å². The number of aromatic nitrogens is 2. The van der Waals surface area contributed by atoms with Crippen LogP contribution in [0.2, 0.25) is 0 Å². The number of aliphatic hydroxyl groups is 1. The molecule has 1 atom stereocenters. The van der Waals surface area contributed by atoms with Crippen LogP contribution >= 0.6 is 11.3 Å². The van der Waals surface area contributed by atoms with Gasteiger partial charge in [-0.1, -0.05) is 13.3 Å². The van der Waals surface area contributed by atoms with E-state index in [1.54, 1.807) is 11.3 Å². The topological polar surface area (TPSA) is 37.5 Å². The normalized spacial score (nSPS) is 13.6. The van der Waals surface area contributed by atoms with Crippen LogP contribution in [-0.2, 0) is 0 Å². The van der Waals surface area contributed by atoms with Gasteiger partial charge in [-0.2, -0.15) is 0 Å². The summed E-state index contributed by atoms with van der Waals surface area (Å²) in [5.74, 6) is 0. The highest BCUT2D eigenvalue weighted by Crippen LogP contribution is 2.29. The van der Waals surface area contributed by atoms with E-state index < -0.39 is 6.10 Å². The molecule has 0 saturated carbocycles. The molecule has 1 N–H and O–H groups in total. The molecule has 0 spiro atoms. The van der Waals surface area contributed by atoms with Crippen molar-refractivity contribution in [2.45, 2.75) is 46.6 Å². The van der Waals surface area contributed by atoms with Crippen LogP contribution < -0.4 is 0 Å². The molecule has 0 amide bonds. The smallest absolute Gasteiger partial charge is 0.194 e. The molecule has 0 radical (unpaired) electrons. The second kappa shape index (κ2) is 4.18. The van der Waals surface area contributed by atoms with Gasteiger partial charge in [0.2, 0.25) is 0 Å². The monoisotopic (exact) mass is 238 g/mol. The Hall–Kier alpha value is -0.870. The number of rotatable bonds is 3. The molecule has 2 aromatic heterocycles. The molecule has 0 aliphatic carbocycles. The van der Waals surface area contributed by atoms with Crippen LogP contribution in [0.25, 0.3) is 4.96 Å². The molecule has 0 bridgehead atoms. The predicted octanol–water partition coefficient (Wildman–Crippen LogP) is 3.15. The molecule has 2 heterocycles. The molecule has 88 valence electrons. The molecular formula is C12H18N2OS. The summed E-state index contributed by atoms with van der Waals surface area (Å²) in [6.45, 7) is 8.24. The van der Waals surface area contributed by atoms with Gasteiger partial charge in [0.1, 0.15) is 0 Å². The summed E-state index contributed by atoms with van der Waals surface area (Å²) in [6.07, 6.45) is 1.38. The number of hydrogen-bond donors (Lipinski definition) is 1. The molecule has 0 fully saturated rings. The minimum Gasteiger partial charge on any atom is -0.387 e. The van der Waals surface area contributed by atoms with Crippen molar-refractivity contribution in [2.24, 2.45) is 0 Å². The summed E-state index contributed by atoms with van der Waals surface area (Å²) >= 11 is 1.69. The fraction of sp³-hybridized carbons (Fsp3) is 0.583. The molecule has 0 aliphatic heterocycles. The Labute approximate surface area is 99.8 Å². The molecule has 4 heteroatoms. The highest BCUT2D eigenvalue weighted by atomic mass is 32.1. The van der Waals surface area contributed by atoms with Crippen molar-refractivity contribution in [1.29, 1.82) is 0 Å². The second-order valence-corrected chi connectivity index (χ2v) is 5.43. The van der Waals surface area contributed by atoms with E-state index in [1.807, 2.05) is 6.92 Å². The third kappa shape index (κ3) is 1.66. The van der Waals surface area contributed by atoms with Crippen molar-refractivity contribution in [3.63, 3.8) is 0 Å². The van der Waals surface area contributed by atoms with E-state index in [-0.39, 0.29) is 0 Å². The number of thiazole rings is 1. The quantitative estimate of drug-likeness (QED) is 0.892. The molecule has 0 aromatic carbocycles. The summed E-state index contributed by atoms with van der Waals surface area (Å²) in [4.78, 5) is 6.79. The van der Waals surface area contributed by atoms with Crippen LogP contribution in [0.4, 0.5) is 0 Å². The SMILES string of the molecule is CCCC(O)c1c(C)nc2sc(C)c(C)n12. The van der Waals surface area contributed by atoms with Crippen LogP contribution in [0, 0.1) is 20.8 Å². The second-order valence-electron chi connectivity index (χ2n) is 4.25. The number of fused-ring (bicyclic) bond motifs is 1. The fourth-order valence-corrected chi connectivity index (χ4v) is 3.10. The van der Waals surface area contributed by atoms with Crippen molar-refractivity contribution in [3.8, 4) is 0 Å². The summed E-state index contributed by atoms with van der Waals surface area (Å²) in [5.41, 5.74) is 3.12. The summed E-state index contributed by atoms with van der Waals surface area (Å²) in [5, 5.41) is 10.2. The van der Waals surface area contributed by atoms with Gasteiger partial charge in [-0.15, -0.1) is 11.3 Å². The largest absolute Gasteiger partial charge is 0.387 e. The summed E-state index contributed by atoms with van der Waals surface area (Å²) < 4.78 is 2.11. The van der Waals surface area contributed by atoms with Gasteiger partial charge < -0.3 is 5.11 Å². The average molecular weight is 238 g/mol. The van der Waals surface area contributed by atoms with Crippen LogP contribution in [0.15, 0.2) is 0 Å². The lowest BCUT2D eigenvalue weighted by atomic mass is 10.1. The van der Waals surface area contributed by atoms with Crippen LogP contribution in [0.5, 0.6) is 0 Å². The Morgan fingerprint density at radius 1 is 1.38 bits per heavy atom. The number of aryl methyl sites for hydroxylation is 3. The Balaban J connectivity index is 2.61. The van der Waals surface area contributed by atoms with Gasteiger partial charge in [-0.05, 0) is 27.2 Å². The zero-order valence-electron chi connectivity index (χ0n) is 10.2. The Kier molecular flexibility index (Phi) is 3.04. The fourth-order valence-electron chi connectivity index (χ4n) is 2.08. The van der Waals surface area contributed by atoms with Crippen molar-refractivity contribution >= 4 is 16.3 Å². The lowest BCUT2D eigenvalue weighted by Gasteiger charge is -2.10. The predicted molar refractivity (Wildman–Crippen MR) is 67.1 cm³/mol. The van der Waals surface area contributed by atoms with Gasteiger partial charge in [0.25, 0.3) is 0 Å². The number of nitrogens with zero attached hydrogens (tertiary/aromatic N) is 2. The third-order valence-corrected chi connectivity index (χ3v) is 4.09. The highest BCUT2D eigenvalue weighted by Gasteiger charge is 2.19. The molecule has 3 nitrogen and oxygen atoms in total. The maximum absolute atomic E-state index is 10.2. The maximum Gasteiger partial charge on any atom is 0.194 e. The number of imidazole rings is 1. The van der Waals surface area contributed by atoms with E-state index in [4.69, 9.17) is 0 Å². The van der Waals surface area contributed by atoms with Crippen molar-refractivity contribution in [3.05, 3.63) is 22.0 Å². The van der Waals surface area contributed by atoms with Gasteiger partial charge in [0, 0.05) is 10.6 Å².